The Hall–Kier alpha value is -2.08. The second kappa shape index (κ2) is 3.49. The Balaban J connectivity index is 2.33. The van der Waals surface area contributed by atoms with Gasteiger partial charge in [0.1, 0.15) is 4.64 Å². The quantitative estimate of drug-likeness (QED) is 0.647. The van der Waals surface area contributed by atoms with Gasteiger partial charge < -0.3 is 0 Å². The van der Waals surface area contributed by atoms with Crippen LogP contribution in [0.2, 0.25) is 0 Å². The molecule has 5 nitrogen and oxygen atoms in total. The average Bonchev–Trinajstić information content (AvgIpc) is 2.73. The van der Waals surface area contributed by atoms with Crippen LogP contribution in [0.25, 0.3) is 17.0 Å². The number of nitrogens with one attached hydrogen (secondary N) is 1. The molecule has 16 heavy (non-hydrogen) atoms. The van der Waals surface area contributed by atoms with Gasteiger partial charge in [0.05, 0.1) is 0 Å². The lowest BCUT2D eigenvalue weighted by atomic mass is 10.2. The zero-order chi connectivity index (χ0) is 11.0. The number of fused-ring (bicyclic) bond motifs is 1. The van der Waals surface area contributed by atoms with Gasteiger partial charge in [-0.2, -0.15) is 0 Å². The molecule has 3 heterocycles. The fourth-order valence-electron chi connectivity index (χ4n) is 1.50. The first-order chi connectivity index (χ1) is 7.84. The molecule has 0 fully saturated rings. The van der Waals surface area contributed by atoms with E-state index < -0.39 is 0 Å². The van der Waals surface area contributed by atoms with Crippen LogP contribution in [0.3, 0.4) is 0 Å². The summed E-state index contributed by atoms with van der Waals surface area (Å²) in [4.78, 5) is 3.96. The molecule has 0 aliphatic carbocycles. The molecular weight excluding hydrogens is 222 g/mol. The van der Waals surface area contributed by atoms with Crippen molar-refractivity contribution in [3.05, 3.63) is 41.3 Å². The first kappa shape index (κ1) is 9.17. The minimum atomic E-state index is 0.641. The van der Waals surface area contributed by atoms with Crippen molar-refractivity contribution in [2.45, 2.75) is 0 Å². The minimum absolute atomic E-state index is 0.641. The van der Waals surface area contributed by atoms with Crippen molar-refractivity contribution in [2.75, 3.05) is 0 Å². The number of rotatable bonds is 1. The molecule has 1 N–H and O–H groups in total. The van der Waals surface area contributed by atoms with Crippen molar-refractivity contribution >= 4 is 17.9 Å². The van der Waals surface area contributed by atoms with E-state index in [0.717, 1.165) is 17.0 Å². The van der Waals surface area contributed by atoms with Crippen LogP contribution in [0, 0.1) is 4.64 Å². The third kappa shape index (κ3) is 1.40. The Morgan fingerprint density at radius 1 is 1.06 bits per heavy atom. The Bertz CT molecular complexity index is 685. The Kier molecular flexibility index (Phi) is 2.00. The highest BCUT2D eigenvalue weighted by Gasteiger charge is 2.06. The summed E-state index contributed by atoms with van der Waals surface area (Å²) in [5.41, 5.74) is 1.68. The number of H-pyrrole nitrogens is 1. The first-order valence-electron chi connectivity index (χ1n) is 4.69. The number of nitrogens with zero attached hydrogens (tertiary/aromatic N) is 4. The predicted octanol–water partition coefficient (Wildman–Crippen LogP) is 1.85. The maximum absolute atomic E-state index is 5.07. The van der Waals surface area contributed by atoms with E-state index in [9.17, 15) is 0 Å². The van der Waals surface area contributed by atoms with E-state index in [1.54, 1.807) is 23.0 Å². The van der Waals surface area contributed by atoms with Gasteiger partial charge >= 0.3 is 0 Å². The van der Waals surface area contributed by atoms with E-state index in [0.29, 0.717) is 4.64 Å². The Morgan fingerprint density at radius 2 is 1.88 bits per heavy atom. The molecule has 78 valence electrons. The topological polar surface area (TPSA) is 58.9 Å². The molecule has 0 spiro atoms. The summed E-state index contributed by atoms with van der Waals surface area (Å²) in [6, 6.07) is 7.37. The van der Waals surface area contributed by atoms with Crippen molar-refractivity contribution in [3.63, 3.8) is 0 Å². The molecule has 0 aliphatic rings. The van der Waals surface area contributed by atoms with Gasteiger partial charge in [-0.3, -0.25) is 10.1 Å². The van der Waals surface area contributed by atoms with Crippen LogP contribution in [-0.4, -0.2) is 24.8 Å². The summed E-state index contributed by atoms with van der Waals surface area (Å²) >= 11 is 5.07. The molecule has 0 amide bonds. The fourth-order valence-corrected chi connectivity index (χ4v) is 1.66. The van der Waals surface area contributed by atoms with Crippen molar-refractivity contribution in [3.8, 4) is 11.4 Å². The number of aromatic amines is 1. The molecular formula is C10H7N5S. The normalized spacial score (nSPS) is 10.8. The van der Waals surface area contributed by atoms with Crippen molar-refractivity contribution in [1.82, 2.24) is 24.8 Å². The van der Waals surface area contributed by atoms with E-state index in [2.05, 4.69) is 20.3 Å². The number of hydrogen-bond donors (Lipinski definition) is 1. The van der Waals surface area contributed by atoms with Gasteiger partial charge in [0.2, 0.25) is 0 Å². The van der Waals surface area contributed by atoms with Crippen molar-refractivity contribution in [2.24, 2.45) is 0 Å². The van der Waals surface area contributed by atoms with Crippen LogP contribution in [0.4, 0.5) is 0 Å². The molecule has 6 heteroatoms. The molecule has 0 atom stereocenters. The van der Waals surface area contributed by atoms with Gasteiger partial charge in [-0.25, -0.2) is 4.52 Å². The van der Waals surface area contributed by atoms with Crippen LogP contribution < -0.4 is 0 Å². The molecule has 3 aromatic heterocycles. The highest BCUT2D eigenvalue weighted by molar-refractivity contribution is 7.71. The smallest absolute Gasteiger partial charge is 0.183 e. The highest BCUT2D eigenvalue weighted by atomic mass is 32.1. The van der Waals surface area contributed by atoms with Gasteiger partial charge in [-0.05, 0) is 24.3 Å². The van der Waals surface area contributed by atoms with E-state index in [4.69, 9.17) is 12.2 Å². The molecule has 0 radical (unpaired) electrons. The minimum Gasteiger partial charge on any atom is -0.280 e. The van der Waals surface area contributed by atoms with Crippen LogP contribution in [0.1, 0.15) is 0 Å². The summed E-state index contributed by atoms with van der Waals surface area (Å²) in [7, 11) is 0. The maximum atomic E-state index is 5.07. The molecule has 0 unspecified atom stereocenters. The second-order valence-corrected chi connectivity index (χ2v) is 3.70. The summed E-state index contributed by atoms with van der Waals surface area (Å²) in [6.07, 6.45) is 3.43. The highest BCUT2D eigenvalue weighted by Crippen LogP contribution is 2.15. The summed E-state index contributed by atoms with van der Waals surface area (Å²) in [6.45, 7) is 0. The zero-order valence-corrected chi connectivity index (χ0v) is 8.98. The SMILES string of the molecule is S=c1ccc2nnc(-c3ccncc3)n2[nH]1. The predicted molar refractivity (Wildman–Crippen MR) is 61.4 cm³/mol. The maximum Gasteiger partial charge on any atom is 0.183 e. The molecule has 0 bridgehead atoms. The lowest BCUT2D eigenvalue weighted by Gasteiger charge is -1.98. The largest absolute Gasteiger partial charge is 0.280 e. The molecule has 3 rings (SSSR count). The van der Waals surface area contributed by atoms with Crippen LogP contribution in [-0.2, 0) is 0 Å². The summed E-state index contributed by atoms with van der Waals surface area (Å²) < 4.78 is 2.40. The first-order valence-corrected chi connectivity index (χ1v) is 5.10. The lowest BCUT2D eigenvalue weighted by molar-refractivity contribution is 0.924. The van der Waals surface area contributed by atoms with Gasteiger partial charge in [0, 0.05) is 18.0 Å². The van der Waals surface area contributed by atoms with E-state index in [-0.39, 0.29) is 0 Å². The molecule has 0 aliphatic heterocycles. The van der Waals surface area contributed by atoms with Crippen LogP contribution in [0.5, 0.6) is 0 Å². The molecule has 0 aromatic carbocycles. The van der Waals surface area contributed by atoms with Crippen molar-refractivity contribution < 1.29 is 0 Å². The monoisotopic (exact) mass is 229 g/mol. The third-order valence-corrected chi connectivity index (χ3v) is 2.46. The number of aromatic nitrogens is 5. The standard InChI is InChI=1S/C10H7N5S/c16-9-2-1-8-12-13-10(15(8)14-9)7-3-5-11-6-4-7/h1-6H,(H,14,16). The van der Waals surface area contributed by atoms with Gasteiger partial charge in [0.15, 0.2) is 11.5 Å². The van der Waals surface area contributed by atoms with E-state index in [1.165, 1.54) is 0 Å². The van der Waals surface area contributed by atoms with Gasteiger partial charge in [0.25, 0.3) is 0 Å². The fraction of sp³-hybridized carbons (Fsp3) is 0. The number of hydrogen-bond acceptors (Lipinski definition) is 4. The summed E-state index contributed by atoms with van der Waals surface area (Å²) in [5.74, 6) is 0.726. The molecule has 3 aromatic rings. The second-order valence-electron chi connectivity index (χ2n) is 3.26. The Morgan fingerprint density at radius 3 is 2.69 bits per heavy atom. The van der Waals surface area contributed by atoms with E-state index >= 15 is 0 Å². The van der Waals surface area contributed by atoms with Crippen LogP contribution >= 0.6 is 12.2 Å². The number of pyridine rings is 1. The van der Waals surface area contributed by atoms with Gasteiger partial charge in [-0.15, -0.1) is 10.2 Å². The Labute approximate surface area is 95.8 Å². The lowest BCUT2D eigenvalue weighted by Crippen LogP contribution is -1.94. The molecule has 0 saturated carbocycles. The van der Waals surface area contributed by atoms with Crippen LogP contribution in [0.15, 0.2) is 36.7 Å². The van der Waals surface area contributed by atoms with Gasteiger partial charge in [-0.1, -0.05) is 12.2 Å². The van der Waals surface area contributed by atoms with Crippen molar-refractivity contribution in [1.29, 1.82) is 0 Å². The summed E-state index contributed by atoms with van der Waals surface area (Å²) in [5, 5.41) is 11.2. The average molecular weight is 229 g/mol. The van der Waals surface area contributed by atoms with E-state index in [1.807, 2.05) is 18.2 Å². The molecule has 0 saturated heterocycles. The zero-order valence-electron chi connectivity index (χ0n) is 8.16. The third-order valence-electron chi connectivity index (χ3n) is 2.23.